The first-order valence-corrected chi connectivity index (χ1v) is 6.65. The predicted molar refractivity (Wildman–Crippen MR) is 64.6 cm³/mol. The molecular formula is C13H24O4. The van der Waals surface area contributed by atoms with E-state index in [2.05, 4.69) is 0 Å². The lowest BCUT2D eigenvalue weighted by molar-refractivity contribution is -0.146. The van der Waals surface area contributed by atoms with Crippen molar-refractivity contribution in [2.45, 2.75) is 44.9 Å². The van der Waals surface area contributed by atoms with Gasteiger partial charge >= 0.3 is 5.97 Å². The number of rotatable bonds is 2. The summed E-state index contributed by atoms with van der Waals surface area (Å²) in [7, 11) is 0. The maximum atomic E-state index is 11.0. The average Bonchev–Trinajstić information content (AvgIpc) is 2.38. The molecule has 0 heterocycles. The van der Waals surface area contributed by atoms with Crippen molar-refractivity contribution in [1.29, 1.82) is 0 Å². The second-order valence-electron chi connectivity index (χ2n) is 5.03. The third kappa shape index (κ3) is 4.28. The van der Waals surface area contributed by atoms with Crippen LogP contribution in [0.1, 0.15) is 44.9 Å². The van der Waals surface area contributed by atoms with Crippen LogP contribution in [-0.4, -0.2) is 34.5 Å². The zero-order chi connectivity index (χ0) is 12.7. The number of aliphatic hydroxyl groups is 2. The highest BCUT2D eigenvalue weighted by Gasteiger charge is 2.38. The Balaban J connectivity index is 0.000000317. The SMILES string of the molecule is O=C(O)C1CCCC2CCCCC21.OCCO. The van der Waals surface area contributed by atoms with Crippen molar-refractivity contribution in [3.8, 4) is 0 Å². The van der Waals surface area contributed by atoms with Gasteiger partial charge in [-0.3, -0.25) is 4.79 Å². The van der Waals surface area contributed by atoms with Gasteiger partial charge < -0.3 is 15.3 Å². The lowest BCUT2D eigenvalue weighted by Crippen LogP contribution is -2.35. The number of carboxylic acid groups (broad SMARTS) is 1. The van der Waals surface area contributed by atoms with Crippen molar-refractivity contribution >= 4 is 5.97 Å². The fourth-order valence-electron chi connectivity index (χ4n) is 3.25. The molecule has 17 heavy (non-hydrogen) atoms. The first-order chi connectivity index (χ1) is 8.20. The van der Waals surface area contributed by atoms with Gasteiger partial charge in [-0.15, -0.1) is 0 Å². The number of hydrogen-bond acceptors (Lipinski definition) is 3. The molecule has 2 rings (SSSR count). The zero-order valence-electron chi connectivity index (χ0n) is 10.3. The van der Waals surface area contributed by atoms with Gasteiger partial charge in [0.15, 0.2) is 0 Å². The summed E-state index contributed by atoms with van der Waals surface area (Å²) in [6.45, 7) is -0.250. The molecule has 3 unspecified atom stereocenters. The van der Waals surface area contributed by atoms with E-state index in [4.69, 9.17) is 15.3 Å². The van der Waals surface area contributed by atoms with Crippen LogP contribution in [-0.2, 0) is 4.79 Å². The van der Waals surface area contributed by atoms with Crippen LogP contribution in [0.3, 0.4) is 0 Å². The second kappa shape index (κ2) is 7.67. The molecule has 2 saturated carbocycles. The van der Waals surface area contributed by atoms with E-state index in [0.717, 1.165) is 18.8 Å². The largest absolute Gasteiger partial charge is 0.481 e. The van der Waals surface area contributed by atoms with Crippen LogP contribution in [0.2, 0.25) is 0 Å². The van der Waals surface area contributed by atoms with Gasteiger partial charge in [-0.2, -0.15) is 0 Å². The maximum absolute atomic E-state index is 11.0. The summed E-state index contributed by atoms with van der Waals surface area (Å²) in [5.41, 5.74) is 0. The molecule has 0 bridgehead atoms. The van der Waals surface area contributed by atoms with Crippen LogP contribution in [0.5, 0.6) is 0 Å². The first kappa shape index (κ1) is 14.5. The van der Waals surface area contributed by atoms with Gasteiger partial charge in [0.2, 0.25) is 0 Å². The molecule has 0 aromatic heterocycles. The topological polar surface area (TPSA) is 77.8 Å². The minimum absolute atomic E-state index is 0.0148. The normalized spacial score (nSPS) is 32.0. The van der Waals surface area contributed by atoms with E-state index in [1.165, 1.54) is 32.1 Å². The molecule has 4 nitrogen and oxygen atoms in total. The number of fused-ring (bicyclic) bond motifs is 1. The van der Waals surface area contributed by atoms with E-state index in [-0.39, 0.29) is 19.1 Å². The Hall–Kier alpha value is -0.610. The van der Waals surface area contributed by atoms with Gasteiger partial charge in [-0.25, -0.2) is 0 Å². The van der Waals surface area contributed by atoms with Gasteiger partial charge in [0.05, 0.1) is 19.1 Å². The van der Waals surface area contributed by atoms with E-state index in [1.54, 1.807) is 0 Å². The van der Waals surface area contributed by atoms with Gasteiger partial charge in [0.1, 0.15) is 0 Å². The highest BCUT2D eigenvalue weighted by Crippen LogP contribution is 2.43. The molecule has 0 spiro atoms. The van der Waals surface area contributed by atoms with Gasteiger partial charge in [0, 0.05) is 0 Å². The molecule has 0 aliphatic heterocycles. The van der Waals surface area contributed by atoms with Gasteiger partial charge in [-0.1, -0.05) is 32.1 Å². The van der Waals surface area contributed by atoms with Crippen molar-refractivity contribution in [1.82, 2.24) is 0 Å². The maximum Gasteiger partial charge on any atom is 0.306 e. The molecule has 3 atom stereocenters. The van der Waals surface area contributed by atoms with Crippen molar-refractivity contribution in [3.63, 3.8) is 0 Å². The van der Waals surface area contributed by atoms with Crippen LogP contribution < -0.4 is 0 Å². The Bertz CT molecular complexity index is 225. The van der Waals surface area contributed by atoms with Crippen molar-refractivity contribution in [2.75, 3.05) is 13.2 Å². The van der Waals surface area contributed by atoms with Gasteiger partial charge in [-0.05, 0) is 24.7 Å². The van der Waals surface area contributed by atoms with E-state index < -0.39 is 5.97 Å². The van der Waals surface area contributed by atoms with Crippen LogP contribution >= 0.6 is 0 Å². The Kier molecular flexibility index (Phi) is 6.52. The molecule has 2 fully saturated rings. The molecule has 2 aliphatic carbocycles. The molecule has 0 aromatic rings. The lowest BCUT2D eigenvalue weighted by Gasteiger charge is -2.39. The molecule has 4 heteroatoms. The Morgan fingerprint density at radius 1 is 0.941 bits per heavy atom. The summed E-state index contributed by atoms with van der Waals surface area (Å²) in [4.78, 5) is 11.0. The third-order valence-electron chi connectivity index (χ3n) is 3.99. The number of carbonyl (C=O) groups is 1. The lowest BCUT2D eigenvalue weighted by atomic mass is 9.65. The van der Waals surface area contributed by atoms with Crippen molar-refractivity contribution in [2.24, 2.45) is 17.8 Å². The smallest absolute Gasteiger partial charge is 0.306 e. The van der Waals surface area contributed by atoms with Crippen molar-refractivity contribution in [3.05, 3.63) is 0 Å². The molecular weight excluding hydrogens is 220 g/mol. The number of carboxylic acids is 1. The molecule has 0 saturated heterocycles. The van der Waals surface area contributed by atoms with E-state index in [1.807, 2.05) is 0 Å². The number of aliphatic hydroxyl groups excluding tert-OH is 2. The summed E-state index contributed by atoms with van der Waals surface area (Å²) in [6, 6.07) is 0. The summed E-state index contributed by atoms with van der Waals surface area (Å²) in [5, 5.41) is 24.3. The fourth-order valence-corrected chi connectivity index (χ4v) is 3.25. The monoisotopic (exact) mass is 244 g/mol. The minimum atomic E-state index is -0.545. The van der Waals surface area contributed by atoms with Crippen LogP contribution in [0.4, 0.5) is 0 Å². The van der Waals surface area contributed by atoms with Gasteiger partial charge in [0.25, 0.3) is 0 Å². The Morgan fingerprint density at radius 3 is 2.12 bits per heavy atom. The second-order valence-corrected chi connectivity index (χ2v) is 5.03. The molecule has 0 radical (unpaired) electrons. The highest BCUT2D eigenvalue weighted by atomic mass is 16.4. The van der Waals surface area contributed by atoms with Crippen LogP contribution in [0.15, 0.2) is 0 Å². The van der Waals surface area contributed by atoms with Crippen LogP contribution in [0, 0.1) is 17.8 Å². The average molecular weight is 244 g/mol. The fraction of sp³-hybridized carbons (Fsp3) is 0.923. The summed E-state index contributed by atoms with van der Waals surface area (Å²) in [6.07, 6.45) is 8.39. The molecule has 100 valence electrons. The molecule has 2 aliphatic rings. The predicted octanol–water partition coefficient (Wildman–Crippen LogP) is 1.65. The first-order valence-electron chi connectivity index (χ1n) is 6.65. The van der Waals surface area contributed by atoms with Crippen LogP contribution in [0.25, 0.3) is 0 Å². The third-order valence-corrected chi connectivity index (χ3v) is 3.99. The molecule has 0 aromatic carbocycles. The van der Waals surface area contributed by atoms with E-state index in [0.29, 0.717) is 5.92 Å². The summed E-state index contributed by atoms with van der Waals surface area (Å²) >= 11 is 0. The minimum Gasteiger partial charge on any atom is -0.481 e. The zero-order valence-corrected chi connectivity index (χ0v) is 10.3. The highest BCUT2D eigenvalue weighted by molar-refractivity contribution is 5.70. The van der Waals surface area contributed by atoms with Crippen molar-refractivity contribution < 1.29 is 20.1 Å². The quantitative estimate of drug-likeness (QED) is 0.690. The standard InChI is InChI=1S/C11H18O2.C2H6O2/c12-11(13)10-7-3-5-8-4-1-2-6-9(8)10;3-1-2-4/h8-10H,1-7H2,(H,12,13);3-4H,1-2H2. The molecule has 3 N–H and O–H groups in total. The Morgan fingerprint density at radius 2 is 1.53 bits per heavy atom. The van der Waals surface area contributed by atoms with E-state index in [9.17, 15) is 4.79 Å². The number of aliphatic carboxylic acids is 1. The Labute approximate surface area is 103 Å². The molecule has 0 amide bonds. The summed E-state index contributed by atoms with van der Waals surface area (Å²) < 4.78 is 0. The van der Waals surface area contributed by atoms with E-state index >= 15 is 0 Å². The number of hydrogen-bond donors (Lipinski definition) is 3. The summed E-state index contributed by atoms with van der Waals surface area (Å²) in [5.74, 6) is 0.694.